The van der Waals surface area contributed by atoms with Gasteiger partial charge in [-0.3, -0.25) is 24.1 Å². The highest BCUT2D eigenvalue weighted by molar-refractivity contribution is 6.07. The SMILES string of the molecule is C[C@@H]1CCCC[C@@H]1NC(=O)COC(=O)CN1C(=O)[C@H]2CC=CC[C@H]2C1=O. The molecule has 3 rings (SSSR count). The highest BCUT2D eigenvalue weighted by atomic mass is 16.5. The van der Waals surface area contributed by atoms with Crippen LogP contribution < -0.4 is 5.32 Å². The van der Waals surface area contributed by atoms with Crippen LogP contribution in [-0.2, 0) is 23.9 Å². The molecule has 7 nitrogen and oxygen atoms in total. The van der Waals surface area contributed by atoms with Crippen LogP contribution in [0.25, 0.3) is 0 Å². The van der Waals surface area contributed by atoms with E-state index in [1.807, 2.05) is 12.2 Å². The van der Waals surface area contributed by atoms with Crippen LogP contribution in [0.5, 0.6) is 0 Å². The van der Waals surface area contributed by atoms with E-state index in [0.717, 1.165) is 24.2 Å². The zero-order chi connectivity index (χ0) is 18.7. The van der Waals surface area contributed by atoms with Crippen molar-refractivity contribution < 1.29 is 23.9 Å². The average molecular weight is 362 g/mol. The van der Waals surface area contributed by atoms with Gasteiger partial charge in [0.05, 0.1) is 11.8 Å². The summed E-state index contributed by atoms with van der Waals surface area (Å²) < 4.78 is 4.98. The van der Waals surface area contributed by atoms with Crippen molar-refractivity contribution in [3.8, 4) is 0 Å². The maximum atomic E-state index is 12.3. The molecule has 0 spiro atoms. The number of nitrogens with zero attached hydrogens (tertiary/aromatic N) is 1. The molecule has 7 heteroatoms. The molecule has 1 saturated carbocycles. The Labute approximate surface area is 153 Å². The van der Waals surface area contributed by atoms with Crippen LogP contribution in [0.2, 0.25) is 0 Å². The van der Waals surface area contributed by atoms with Gasteiger partial charge in [-0.15, -0.1) is 0 Å². The summed E-state index contributed by atoms with van der Waals surface area (Å²) in [6, 6.07) is 0.118. The summed E-state index contributed by atoms with van der Waals surface area (Å²) in [5, 5.41) is 2.90. The largest absolute Gasteiger partial charge is 0.454 e. The minimum Gasteiger partial charge on any atom is -0.454 e. The summed E-state index contributed by atoms with van der Waals surface area (Å²) in [4.78, 5) is 49.6. The molecule has 0 bridgehead atoms. The Morgan fingerprint density at radius 3 is 2.35 bits per heavy atom. The second kappa shape index (κ2) is 8.01. The molecule has 0 aromatic rings. The molecule has 1 N–H and O–H groups in total. The van der Waals surface area contributed by atoms with E-state index in [-0.39, 0.29) is 42.2 Å². The number of esters is 1. The second-order valence-electron chi connectivity index (χ2n) is 7.51. The Bertz CT molecular complexity index is 603. The molecule has 142 valence electrons. The Morgan fingerprint density at radius 2 is 1.73 bits per heavy atom. The summed E-state index contributed by atoms with van der Waals surface area (Å²) in [7, 11) is 0. The van der Waals surface area contributed by atoms with Gasteiger partial charge in [-0.2, -0.15) is 0 Å². The van der Waals surface area contributed by atoms with Gasteiger partial charge in [0.25, 0.3) is 5.91 Å². The maximum Gasteiger partial charge on any atom is 0.326 e. The fourth-order valence-corrected chi connectivity index (χ4v) is 4.12. The number of likely N-dealkylation sites (tertiary alicyclic amines) is 1. The van der Waals surface area contributed by atoms with Gasteiger partial charge in [0.15, 0.2) is 6.61 Å². The molecule has 0 aromatic carbocycles. The van der Waals surface area contributed by atoms with Crippen LogP contribution in [0.4, 0.5) is 0 Å². The zero-order valence-corrected chi connectivity index (χ0v) is 15.1. The molecule has 4 atom stereocenters. The molecule has 0 aromatic heterocycles. The van der Waals surface area contributed by atoms with Gasteiger partial charge in [-0.25, -0.2) is 0 Å². The monoisotopic (exact) mass is 362 g/mol. The minimum atomic E-state index is -0.731. The molecular weight excluding hydrogens is 336 g/mol. The van der Waals surface area contributed by atoms with Crippen LogP contribution in [0.1, 0.15) is 45.4 Å². The predicted molar refractivity (Wildman–Crippen MR) is 92.6 cm³/mol. The molecule has 3 amide bonds. The van der Waals surface area contributed by atoms with E-state index in [2.05, 4.69) is 12.2 Å². The van der Waals surface area contributed by atoms with Gasteiger partial charge in [-0.1, -0.05) is 31.9 Å². The van der Waals surface area contributed by atoms with Crippen LogP contribution in [0.15, 0.2) is 12.2 Å². The number of ether oxygens (including phenoxy) is 1. The van der Waals surface area contributed by atoms with Crippen molar-refractivity contribution in [3.05, 3.63) is 12.2 Å². The maximum absolute atomic E-state index is 12.3. The number of carbonyl (C=O) groups excluding carboxylic acids is 4. The molecule has 2 fully saturated rings. The van der Waals surface area contributed by atoms with Crippen molar-refractivity contribution in [1.29, 1.82) is 0 Å². The summed E-state index contributed by atoms with van der Waals surface area (Å²) in [5.41, 5.74) is 0. The second-order valence-corrected chi connectivity index (χ2v) is 7.51. The number of hydrogen-bond acceptors (Lipinski definition) is 5. The number of imide groups is 1. The lowest BCUT2D eigenvalue weighted by Crippen LogP contribution is -2.43. The van der Waals surface area contributed by atoms with Crippen molar-refractivity contribution in [2.75, 3.05) is 13.2 Å². The van der Waals surface area contributed by atoms with Crippen molar-refractivity contribution >= 4 is 23.7 Å². The predicted octanol–water partition coefficient (Wildman–Crippen LogP) is 1.18. The van der Waals surface area contributed by atoms with Crippen LogP contribution in [0.3, 0.4) is 0 Å². The first-order valence-electron chi connectivity index (χ1n) is 9.42. The lowest BCUT2D eigenvalue weighted by Gasteiger charge is -2.29. The third kappa shape index (κ3) is 3.97. The van der Waals surface area contributed by atoms with Crippen molar-refractivity contribution in [1.82, 2.24) is 10.2 Å². The zero-order valence-electron chi connectivity index (χ0n) is 15.1. The quantitative estimate of drug-likeness (QED) is 0.450. The van der Waals surface area contributed by atoms with Crippen LogP contribution in [0, 0.1) is 17.8 Å². The topological polar surface area (TPSA) is 92.8 Å². The van der Waals surface area contributed by atoms with E-state index in [4.69, 9.17) is 4.74 Å². The van der Waals surface area contributed by atoms with Gasteiger partial charge in [-0.05, 0) is 31.6 Å². The Kier molecular flexibility index (Phi) is 5.74. The summed E-state index contributed by atoms with van der Waals surface area (Å²) >= 11 is 0. The third-order valence-corrected chi connectivity index (χ3v) is 5.71. The number of amides is 3. The van der Waals surface area contributed by atoms with E-state index in [9.17, 15) is 19.2 Å². The molecule has 26 heavy (non-hydrogen) atoms. The highest BCUT2D eigenvalue weighted by Crippen LogP contribution is 2.34. The minimum absolute atomic E-state index is 0.118. The Morgan fingerprint density at radius 1 is 1.12 bits per heavy atom. The molecule has 1 aliphatic heterocycles. The first-order valence-corrected chi connectivity index (χ1v) is 9.42. The number of allylic oxidation sites excluding steroid dienone is 2. The van der Waals surface area contributed by atoms with Gasteiger partial charge in [0.2, 0.25) is 11.8 Å². The smallest absolute Gasteiger partial charge is 0.326 e. The van der Waals surface area contributed by atoms with Crippen LogP contribution in [-0.4, -0.2) is 47.8 Å². The van der Waals surface area contributed by atoms with Gasteiger partial charge in [0.1, 0.15) is 6.54 Å². The van der Waals surface area contributed by atoms with Crippen LogP contribution >= 0.6 is 0 Å². The number of hydrogen-bond donors (Lipinski definition) is 1. The Balaban J connectivity index is 1.45. The molecule has 2 aliphatic carbocycles. The van der Waals surface area contributed by atoms with E-state index >= 15 is 0 Å². The Hall–Kier alpha value is -2.18. The molecule has 0 unspecified atom stereocenters. The first kappa shape index (κ1) is 18.6. The van der Waals surface area contributed by atoms with Gasteiger partial charge >= 0.3 is 5.97 Å². The number of carbonyl (C=O) groups is 4. The van der Waals surface area contributed by atoms with E-state index in [1.54, 1.807) is 0 Å². The first-order chi connectivity index (χ1) is 12.5. The lowest BCUT2D eigenvalue weighted by molar-refractivity contribution is -0.155. The molecule has 0 radical (unpaired) electrons. The fourth-order valence-electron chi connectivity index (χ4n) is 4.12. The fraction of sp³-hybridized carbons (Fsp3) is 0.684. The van der Waals surface area contributed by atoms with Crippen molar-refractivity contribution in [3.63, 3.8) is 0 Å². The number of rotatable bonds is 5. The van der Waals surface area contributed by atoms with Crippen molar-refractivity contribution in [2.45, 2.75) is 51.5 Å². The highest BCUT2D eigenvalue weighted by Gasteiger charge is 2.47. The standard InChI is InChI=1S/C19H26N2O5/c1-12-6-2-5-9-15(12)20-16(22)11-26-17(23)10-21-18(24)13-7-3-4-8-14(13)19(21)25/h3-4,12-15H,2,5-11H2,1H3,(H,20,22)/t12-,13-,14+,15+/m1/s1. The van der Waals surface area contributed by atoms with E-state index < -0.39 is 12.5 Å². The van der Waals surface area contributed by atoms with E-state index in [0.29, 0.717) is 18.8 Å². The van der Waals surface area contributed by atoms with Gasteiger partial charge in [0, 0.05) is 6.04 Å². The molecular formula is C19H26N2O5. The third-order valence-electron chi connectivity index (χ3n) is 5.71. The number of nitrogens with one attached hydrogen (secondary N) is 1. The summed E-state index contributed by atoms with van der Waals surface area (Å²) in [6.07, 6.45) is 9.14. The molecule has 1 heterocycles. The summed E-state index contributed by atoms with van der Waals surface area (Å²) in [5.74, 6) is -2.02. The number of fused-ring (bicyclic) bond motifs is 1. The molecule has 1 saturated heterocycles. The van der Waals surface area contributed by atoms with E-state index in [1.165, 1.54) is 6.42 Å². The summed E-state index contributed by atoms with van der Waals surface area (Å²) in [6.45, 7) is 1.31. The lowest BCUT2D eigenvalue weighted by atomic mass is 9.85. The normalized spacial score (nSPS) is 30.9. The average Bonchev–Trinajstić information content (AvgIpc) is 2.87. The molecule has 3 aliphatic rings. The van der Waals surface area contributed by atoms with Gasteiger partial charge < -0.3 is 10.1 Å². The van der Waals surface area contributed by atoms with Crippen molar-refractivity contribution in [2.24, 2.45) is 17.8 Å².